The Balaban J connectivity index is 1.68. The number of pyridine rings is 1. The fourth-order valence-corrected chi connectivity index (χ4v) is 4.63. The molecule has 35 heavy (non-hydrogen) atoms. The Kier molecular flexibility index (Phi) is 7.60. The van der Waals surface area contributed by atoms with Crippen molar-refractivity contribution < 1.29 is 9.59 Å². The third-order valence-electron chi connectivity index (χ3n) is 6.35. The number of rotatable bonds is 6. The highest BCUT2D eigenvalue weighted by Gasteiger charge is 2.27. The highest BCUT2D eigenvalue weighted by atomic mass is 16.2. The monoisotopic (exact) mass is 474 g/mol. The lowest BCUT2D eigenvalue weighted by molar-refractivity contribution is -0.126. The van der Waals surface area contributed by atoms with E-state index in [1.165, 1.54) is 0 Å². The van der Waals surface area contributed by atoms with Gasteiger partial charge >= 0.3 is 0 Å². The third kappa shape index (κ3) is 5.77. The molecular weight excluding hydrogens is 440 g/mol. The Hall–Kier alpha value is -3.52. The first kappa shape index (κ1) is 24.6. The van der Waals surface area contributed by atoms with E-state index in [-0.39, 0.29) is 17.9 Å². The van der Waals surface area contributed by atoms with Gasteiger partial charge in [0, 0.05) is 43.2 Å². The number of benzene rings is 1. The van der Waals surface area contributed by atoms with Gasteiger partial charge in [0.05, 0.1) is 17.1 Å². The summed E-state index contributed by atoms with van der Waals surface area (Å²) >= 11 is 0. The lowest BCUT2D eigenvalue weighted by atomic mass is 10.1. The first-order chi connectivity index (χ1) is 16.8. The number of likely N-dealkylation sites (N-methyl/N-ethyl adjacent to an activating group) is 1. The first-order valence-corrected chi connectivity index (χ1v) is 12.1. The highest BCUT2D eigenvalue weighted by Crippen LogP contribution is 2.32. The van der Waals surface area contributed by atoms with Gasteiger partial charge in [-0.25, -0.2) is 4.98 Å². The van der Waals surface area contributed by atoms with Gasteiger partial charge in [-0.2, -0.15) is 0 Å². The zero-order valence-corrected chi connectivity index (χ0v) is 21.0. The maximum absolute atomic E-state index is 13.1. The fourth-order valence-electron chi connectivity index (χ4n) is 4.63. The summed E-state index contributed by atoms with van der Waals surface area (Å²) in [4.78, 5) is 39.0. The molecule has 8 heteroatoms. The molecule has 1 N–H and O–H groups in total. The van der Waals surface area contributed by atoms with Gasteiger partial charge in [-0.3, -0.25) is 19.9 Å². The van der Waals surface area contributed by atoms with Gasteiger partial charge in [-0.05, 0) is 71.0 Å². The van der Waals surface area contributed by atoms with Gasteiger partial charge < -0.3 is 14.4 Å². The molecule has 1 atom stereocenters. The van der Waals surface area contributed by atoms with E-state index >= 15 is 0 Å². The van der Waals surface area contributed by atoms with Crippen LogP contribution in [0.2, 0.25) is 0 Å². The molecule has 1 aliphatic heterocycles. The molecule has 1 aliphatic rings. The van der Waals surface area contributed by atoms with Gasteiger partial charge in [0.25, 0.3) is 5.91 Å². The number of nitrogens with one attached hydrogen (secondary N) is 1. The summed E-state index contributed by atoms with van der Waals surface area (Å²) in [6.07, 6.45) is 8.07. The van der Waals surface area contributed by atoms with E-state index in [9.17, 15) is 9.59 Å². The minimum absolute atomic E-state index is 0.00396. The van der Waals surface area contributed by atoms with Crippen LogP contribution in [0, 0.1) is 13.8 Å². The quantitative estimate of drug-likeness (QED) is 0.547. The van der Waals surface area contributed by atoms with E-state index < -0.39 is 0 Å². The SMILES string of the molecule is Cc1cc(C(=O)Nc2nc3cccc(C)c3n2C2CCCCN(C(=O)C=CCN(C)C)C2)ccn1. The summed E-state index contributed by atoms with van der Waals surface area (Å²) < 4.78 is 2.13. The largest absolute Gasteiger partial charge is 0.337 e. The van der Waals surface area contributed by atoms with Gasteiger partial charge in [-0.15, -0.1) is 0 Å². The van der Waals surface area contributed by atoms with E-state index in [0.717, 1.165) is 54.6 Å². The molecule has 0 bridgehead atoms. The molecule has 8 nitrogen and oxygen atoms in total. The van der Waals surface area contributed by atoms with Crippen molar-refractivity contribution in [3.8, 4) is 0 Å². The molecule has 0 aliphatic carbocycles. The molecule has 2 aromatic heterocycles. The molecule has 2 amide bonds. The van der Waals surface area contributed by atoms with Crippen molar-refractivity contribution in [3.05, 3.63) is 65.5 Å². The third-order valence-corrected chi connectivity index (χ3v) is 6.35. The van der Waals surface area contributed by atoms with Gasteiger partial charge in [-0.1, -0.05) is 18.2 Å². The average Bonchev–Trinajstić information content (AvgIpc) is 3.01. The second kappa shape index (κ2) is 10.8. The van der Waals surface area contributed by atoms with Crippen LogP contribution in [-0.2, 0) is 4.79 Å². The molecule has 0 radical (unpaired) electrons. The van der Waals surface area contributed by atoms with Gasteiger partial charge in [0.15, 0.2) is 0 Å². The number of imidazole rings is 1. The number of carbonyl (C=O) groups excluding carboxylic acids is 2. The zero-order valence-electron chi connectivity index (χ0n) is 21.0. The van der Waals surface area contributed by atoms with Crippen molar-refractivity contribution in [3.63, 3.8) is 0 Å². The molecule has 1 fully saturated rings. The van der Waals surface area contributed by atoms with Crippen molar-refractivity contribution in [2.24, 2.45) is 0 Å². The Bertz CT molecular complexity index is 1250. The van der Waals surface area contributed by atoms with Crippen LogP contribution in [0.1, 0.15) is 46.9 Å². The Morgan fingerprint density at radius 1 is 1.20 bits per heavy atom. The Morgan fingerprint density at radius 3 is 2.80 bits per heavy atom. The normalized spacial score (nSPS) is 16.7. The number of aryl methyl sites for hydroxylation is 2. The average molecular weight is 475 g/mol. The summed E-state index contributed by atoms with van der Waals surface area (Å²) in [5.41, 5.74) is 4.23. The minimum Gasteiger partial charge on any atom is -0.337 e. The van der Waals surface area contributed by atoms with Crippen molar-refractivity contribution in [1.29, 1.82) is 0 Å². The molecule has 0 spiro atoms. The predicted octanol–water partition coefficient (Wildman–Crippen LogP) is 3.97. The number of aromatic nitrogens is 3. The molecule has 4 rings (SSSR count). The Labute approximate surface area is 206 Å². The highest BCUT2D eigenvalue weighted by molar-refractivity contribution is 6.04. The van der Waals surface area contributed by atoms with E-state index in [1.807, 2.05) is 49.0 Å². The van der Waals surface area contributed by atoms with Crippen molar-refractivity contribution in [1.82, 2.24) is 24.3 Å². The van der Waals surface area contributed by atoms with Gasteiger partial charge in [0.1, 0.15) is 0 Å². The number of anilines is 1. The van der Waals surface area contributed by atoms with E-state index in [4.69, 9.17) is 4.98 Å². The minimum atomic E-state index is -0.224. The Morgan fingerprint density at radius 2 is 2.03 bits per heavy atom. The lowest BCUT2D eigenvalue weighted by Gasteiger charge is -2.26. The van der Waals surface area contributed by atoms with E-state index in [1.54, 1.807) is 24.4 Å². The number of carbonyl (C=O) groups is 2. The number of nitrogens with zero attached hydrogens (tertiary/aromatic N) is 5. The first-order valence-electron chi connectivity index (χ1n) is 12.1. The van der Waals surface area contributed by atoms with E-state index in [2.05, 4.69) is 27.9 Å². The zero-order chi connectivity index (χ0) is 24.9. The van der Waals surface area contributed by atoms with Crippen LogP contribution in [0.25, 0.3) is 11.0 Å². The molecule has 1 unspecified atom stereocenters. The molecule has 0 saturated carbocycles. The number of fused-ring (bicyclic) bond motifs is 1. The summed E-state index contributed by atoms with van der Waals surface area (Å²) in [5, 5.41) is 3.04. The molecule has 3 aromatic rings. The smallest absolute Gasteiger partial charge is 0.258 e. The lowest BCUT2D eigenvalue weighted by Crippen LogP contribution is -2.35. The van der Waals surface area contributed by atoms with Crippen LogP contribution >= 0.6 is 0 Å². The van der Waals surface area contributed by atoms with Crippen LogP contribution < -0.4 is 5.32 Å². The fraction of sp³-hybridized carbons (Fsp3) is 0.407. The van der Waals surface area contributed by atoms with Crippen LogP contribution in [0.4, 0.5) is 5.95 Å². The molecule has 1 aromatic carbocycles. The van der Waals surface area contributed by atoms with E-state index in [0.29, 0.717) is 18.1 Å². The van der Waals surface area contributed by atoms with Crippen LogP contribution in [0.5, 0.6) is 0 Å². The topological polar surface area (TPSA) is 83.4 Å². The van der Waals surface area contributed by atoms with Crippen molar-refractivity contribution in [2.75, 3.05) is 39.0 Å². The predicted molar refractivity (Wildman–Crippen MR) is 139 cm³/mol. The molecular formula is C27H34N6O2. The second-order valence-corrected chi connectivity index (χ2v) is 9.49. The maximum atomic E-state index is 13.1. The number of hydrogen-bond acceptors (Lipinski definition) is 5. The summed E-state index contributed by atoms with van der Waals surface area (Å²) in [7, 11) is 3.96. The van der Waals surface area contributed by atoms with Crippen LogP contribution in [0.15, 0.2) is 48.7 Å². The number of likely N-dealkylation sites (tertiary alicyclic amines) is 1. The standard InChI is InChI=1S/C27H34N6O2/c1-19-9-7-11-23-25(19)33(27(29-23)30-26(35)21-13-14-28-20(2)17-21)22-10-5-6-16-32(18-22)24(34)12-8-15-31(3)4/h7-9,11-14,17,22H,5-6,10,15-16,18H2,1-4H3,(H,29,30,35). The summed E-state index contributed by atoms with van der Waals surface area (Å²) in [6.45, 7) is 5.94. The molecule has 1 saturated heterocycles. The molecule has 184 valence electrons. The van der Waals surface area contributed by atoms with Crippen molar-refractivity contribution >= 4 is 28.8 Å². The summed E-state index contributed by atoms with van der Waals surface area (Å²) in [6, 6.07) is 9.47. The number of para-hydroxylation sites is 1. The van der Waals surface area contributed by atoms with Gasteiger partial charge in [0.2, 0.25) is 11.9 Å². The number of hydrogen-bond donors (Lipinski definition) is 1. The van der Waals surface area contributed by atoms with Crippen LogP contribution in [0.3, 0.4) is 0 Å². The molecule has 3 heterocycles. The second-order valence-electron chi connectivity index (χ2n) is 9.49. The maximum Gasteiger partial charge on any atom is 0.258 e. The number of amides is 2. The summed E-state index contributed by atoms with van der Waals surface area (Å²) in [5.74, 6) is 0.312. The van der Waals surface area contributed by atoms with Crippen molar-refractivity contribution in [2.45, 2.75) is 39.2 Å². The van der Waals surface area contributed by atoms with Crippen LogP contribution in [-0.4, -0.2) is 69.9 Å².